The molecule has 1 aromatic heterocycles. The zero-order chi connectivity index (χ0) is 19.9. The minimum atomic E-state index is -3.64. The number of aromatic nitrogens is 1. The van der Waals surface area contributed by atoms with Crippen LogP contribution in [0.15, 0.2) is 47.6 Å². The number of rotatable bonds is 9. The highest BCUT2D eigenvalue weighted by Crippen LogP contribution is 2.27. The number of nitrogens with zero attached hydrogens (tertiary/aromatic N) is 1. The predicted molar refractivity (Wildman–Crippen MR) is 103 cm³/mol. The van der Waals surface area contributed by atoms with Gasteiger partial charge in [-0.1, -0.05) is 25.4 Å². The zero-order valence-corrected chi connectivity index (χ0v) is 16.7. The van der Waals surface area contributed by atoms with Crippen molar-refractivity contribution >= 4 is 27.5 Å². The molecule has 0 saturated carbocycles. The van der Waals surface area contributed by atoms with Crippen molar-refractivity contribution in [2.24, 2.45) is 5.92 Å². The first-order valence-corrected chi connectivity index (χ1v) is 10.2. The minimum absolute atomic E-state index is 0.0441. The maximum atomic E-state index is 12.2. The van der Waals surface area contributed by atoms with Crippen LogP contribution in [0.2, 0.25) is 5.02 Å². The molecule has 27 heavy (non-hydrogen) atoms. The predicted octanol–water partition coefficient (Wildman–Crippen LogP) is 2.36. The third-order valence-electron chi connectivity index (χ3n) is 3.49. The van der Waals surface area contributed by atoms with Gasteiger partial charge in [0.15, 0.2) is 6.61 Å². The summed E-state index contributed by atoms with van der Waals surface area (Å²) in [5.41, 5.74) is 0.917. The van der Waals surface area contributed by atoms with E-state index >= 15 is 0 Å². The van der Waals surface area contributed by atoms with Gasteiger partial charge >= 0.3 is 0 Å². The monoisotopic (exact) mass is 411 g/mol. The van der Waals surface area contributed by atoms with Gasteiger partial charge in [-0.2, -0.15) is 0 Å². The van der Waals surface area contributed by atoms with Crippen LogP contribution in [0.5, 0.6) is 5.75 Å². The molecule has 0 saturated heterocycles. The van der Waals surface area contributed by atoms with Crippen LogP contribution in [0.3, 0.4) is 0 Å². The van der Waals surface area contributed by atoms with Gasteiger partial charge in [0.25, 0.3) is 5.91 Å². The number of amides is 1. The quantitative estimate of drug-likeness (QED) is 0.660. The van der Waals surface area contributed by atoms with Gasteiger partial charge in [0, 0.05) is 25.5 Å². The molecule has 7 nitrogen and oxygen atoms in total. The molecule has 9 heteroatoms. The second-order valence-corrected chi connectivity index (χ2v) is 8.43. The largest absolute Gasteiger partial charge is 0.482 e. The number of benzene rings is 1. The highest BCUT2D eigenvalue weighted by molar-refractivity contribution is 7.89. The van der Waals surface area contributed by atoms with E-state index in [0.717, 1.165) is 5.56 Å². The Morgan fingerprint density at radius 1 is 1.22 bits per heavy atom. The van der Waals surface area contributed by atoms with E-state index in [1.807, 2.05) is 13.8 Å². The van der Waals surface area contributed by atoms with Crippen LogP contribution in [-0.4, -0.2) is 32.5 Å². The standard InChI is InChI=1S/C18H22ClN3O4S/c1-13(2)10-22-27(24,25)15-3-4-17(16(19)9-15)26-12-18(23)21-11-14-5-7-20-8-6-14/h3-9,13,22H,10-12H2,1-2H3,(H,21,23). The van der Waals surface area contributed by atoms with Crippen molar-refractivity contribution in [2.75, 3.05) is 13.2 Å². The molecule has 2 rings (SSSR count). The van der Waals surface area contributed by atoms with Crippen molar-refractivity contribution < 1.29 is 17.9 Å². The summed E-state index contributed by atoms with van der Waals surface area (Å²) in [4.78, 5) is 15.8. The van der Waals surface area contributed by atoms with E-state index < -0.39 is 10.0 Å². The van der Waals surface area contributed by atoms with Crippen molar-refractivity contribution in [3.05, 3.63) is 53.3 Å². The van der Waals surface area contributed by atoms with Gasteiger partial charge in [0.05, 0.1) is 9.92 Å². The fourth-order valence-electron chi connectivity index (χ4n) is 2.02. The molecular formula is C18H22ClN3O4S. The van der Waals surface area contributed by atoms with Crippen LogP contribution in [0.25, 0.3) is 0 Å². The summed E-state index contributed by atoms with van der Waals surface area (Å²) in [6, 6.07) is 7.71. The number of sulfonamides is 1. The van der Waals surface area contributed by atoms with E-state index in [0.29, 0.717) is 13.1 Å². The summed E-state index contributed by atoms with van der Waals surface area (Å²) in [6.07, 6.45) is 3.28. The SMILES string of the molecule is CC(C)CNS(=O)(=O)c1ccc(OCC(=O)NCc2ccncc2)c(Cl)c1. The summed E-state index contributed by atoms with van der Waals surface area (Å²) in [5, 5.41) is 2.83. The lowest BCUT2D eigenvalue weighted by atomic mass is 10.2. The van der Waals surface area contributed by atoms with Crippen LogP contribution in [0.1, 0.15) is 19.4 Å². The van der Waals surface area contributed by atoms with Crippen LogP contribution in [0, 0.1) is 5.92 Å². The Balaban J connectivity index is 1.91. The number of halogens is 1. The van der Waals surface area contributed by atoms with Gasteiger partial charge in [-0.15, -0.1) is 0 Å². The Morgan fingerprint density at radius 3 is 2.56 bits per heavy atom. The van der Waals surface area contributed by atoms with E-state index in [1.165, 1.54) is 18.2 Å². The molecule has 0 bridgehead atoms. The molecular weight excluding hydrogens is 390 g/mol. The molecule has 146 valence electrons. The van der Waals surface area contributed by atoms with E-state index in [2.05, 4.69) is 15.0 Å². The molecule has 0 atom stereocenters. The number of hydrogen-bond donors (Lipinski definition) is 2. The molecule has 1 amide bonds. The lowest BCUT2D eigenvalue weighted by Gasteiger charge is -2.12. The van der Waals surface area contributed by atoms with Crippen molar-refractivity contribution in [3.63, 3.8) is 0 Å². The Hall–Kier alpha value is -2.16. The zero-order valence-electron chi connectivity index (χ0n) is 15.1. The first-order chi connectivity index (χ1) is 12.8. The van der Waals surface area contributed by atoms with E-state index in [1.54, 1.807) is 24.5 Å². The Kier molecular flexibility index (Phi) is 7.58. The first kappa shape index (κ1) is 21.1. The molecule has 2 N–H and O–H groups in total. The maximum absolute atomic E-state index is 12.2. The molecule has 0 radical (unpaired) electrons. The van der Waals surface area contributed by atoms with Gasteiger partial charge in [-0.25, -0.2) is 13.1 Å². The summed E-state index contributed by atoms with van der Waals surface area (Å²) < 4.78 is 32.3. The molecule has 1 aromatic carbocycles. The Morgan fingerprint density at radius 2 is 1.93 bits per heavy atom. The van der Waals surface area contributed by atoms with Crippen LogP contribution >= 0.6 is 11.6 Å². The number of carbonyl (C=O) groups excluding carboxylic acids is 1. The number of pyridine rings is 1. The van der Waals surface area contributed by atoms with Crippen LogP contribution in [0.4, 0.5) is 0 Å². The van der Waals surface area contributed by atoms with Gasteiger partial charge in [-0.05, 0) is 41.8 Å². The molecule has 0 unspecified atom stereocenters. The fraction of sp³-hybridized carbons (Fsp3) is 0.333. The molecule has 0 spiro atoms. The third kappa shape index (κ3) is 6.82. The van der Waals surface area contributed by atoms with E-state index in [9.17, 15) is 13.2 Å². The van der Waals surface area contributed by atoms with E-state index in [4.69, 9.17) is 16.3 Å². The molecule has 0 aliphatic carbocycles. The number of hydrogen-bond acceptors (Lipinski definition) is 5. The molecule has 1 heterocycles. The number of carbonyl (C=O) groups is 1. The number of nitrogens with one attached hydrogen (secondary N) is 2. The molecule has 0 fully saturated rings. The van der Waals surface area contributed by atoms with Gasteiger partial charge in [-0.3, -0.25) is 9.78 Å². The lowest BCUT2D eigenvalue weighted by Crippen LogP contribution is -2.28. The minimum Gasteiger partial charge on any atom is -0.482 e. The summed E-state index contributed by atoms with van der Waals surface area (Å²) >= 11 is 6.10. The van der Waals surface area contributed by atoms with E-state index in [-0.39, 0.29) is 34.1 Å². The Labute approximate surface area is 164 Å². The highest BCUT2D eigenvalue weighted by atomic mass is 35.5. The summed E-state index contributed by atoms with van der Waals surface area (Å²) in [6.45, 7) is 4.27. The average molecular weight is 412 g/mol. The molecule has 0 aliphatic heterocycles. The topological polar surface area (TPSA) is 97.4 Å². The molecule has 2 aromatic rings. The normalized spacial score (nSPS) is 11.4. The van der Waals surface area contributed by atoms with Crippen LogP contribution in [-0.2, 0) is 21.4 Å². The summed E-state index contributed by atoms with van der Waals surface area (Å²) in [5.74, 6) is 0.0974. The van der Waals surface area contributed by atoms with Crippen molar-refractivity contribution in [1.29, 1.82) is 0 Å². The van der Waals surface area contributed by atoms with Crippen molar-refractivity contribution in [2.45, 2.75) is 25.3 Å². The average Bonchev–Trinajstić information content (AvgIpc) is 2.64. The Bertz CT molecular complexity index is 873. The van der Waals surface area contributed by atoms with Gasteiger partial charge in [0.1, 0.15) is 5.75 Å². The lowest BCUT2D eigenvalue weighted by molar-refractivity contribution is -0.123. The van der Waals surface area contributed by atoms with Crippen LogP contribution < -0.4 is 14.8 Å². The fourth-order valence-corrected chi connectivity index (χ4v) is 3.56. The summed E-state index contributed by atoms with van der Waals surface area (Å²) in [7, 11) is -3.64. The second kappa shape index (κ2) is 9.68. The van der Waals surface area contributed by atoms with Gasteiger partial charge < -0.3 is 10.1 Å². The maximum Gasteiger partial charge on any atom is 0.258 e. The smallest absolute Gasteiger partial charge is 0.258 e. The number of ether oxygens (including phenoxy) is 1. The molecule has 0 aliphatic rings. The van der Waals surface area contributed by atoms with Crippen molar-refractivity contribution in [1.82, 2.24) is 15.0 Å². The van der Waals surface area contributed by atoms with Crippen molar-refractivity contribution in [3.8, 4) is 5.75 Å². The van der Waals surface area contributed by atoms with Gasteiger partial charge in [0.2, 0.25) is 10.0 Å². The third-order valence-corrected chi connectivity index (χ3v) is 5.21. The highest BCUT2D eigenvalue weighted by Gasteiger charge is 2.16. The second-order valence-electron chi connectivity index (χ2n) is 6.26. The first-order valence-electron chi connectivity index (χ1n) is 8.35.